The molecule has 3 N–H and O–H groups in total. The fourth-order valence-corrected chi connectivity index (χ4v) is 5.44. The Morgan fingerprint density at radius 2 is 1.91 bits per heavy atom. The number of aromatic nitrogens is 1. The van der Waals surface area contributed by atoms with E-state index in [1.54, 1.807) is 24.4 Å². The number of pyridine rings is 1. The molecule has 0 aliphatic carbocycles. The first-order valence-electron chi connectivity index (χ1n) is 14.5. The second-order valence-electron chi connectivity index (χ2n) is 12.0. The highest BCUT2D eigenvalue weighted by Gasteiger charge is 2.22. The molecule has 9 nitrogen and oxygen atoms in total. The van der Waals surface area contributed by atoms with Gasteiger partial charge >= 0.3 is 0 Å². The first-order valence-corrected chi connectivity index (χ1v) is 14.9. The molecular formula is C33H38ClN5O4. The standard InChI is InChI=1S/C33H38ClN5O4/c1-33(2,3)31-15-21(20-37-31)14-24(40)16-22-4-5-23(17-27(22)34)38-28-6-7-36-29-19-30(26(32(35)41)18-25(28)29)43-13-10-39-8-11-42-12-9-39/h4-7,15,17-19H,8-14,16,20H2,1-3H3,(H2,35,41)(H,36,38). The molecule has 3 aromatic rings. The summed E-state index contributed by atoms with van der Waals surface area (Å²) < 4.78 is 11.4. The molecule has 2 aromatic carbocycles. The SMILES string of the molecule is CC(C)(C)C1=NCC(CC(=O)Cc2ccc(Nc3ccnc4cc(OCCN5CCOCC5)c(C(N)=O)cc34)cc2Cl)=C1. The number of primary amides is 1. The van der Waals surface area contributed by atoms with Crippen LogP contribution in [0.5, 0.6) is 5.75 Å². The van der Waals surface area contributed by atoms with E-state index in [1.807, 2.05) is 18.2 Å². The monoisotopic (exact) mass is 603 g/mol. The van der Waals surface area contributed by atoms with Crippen molar-refractivity contribution in [2.24, 2.45) is 16.1 Å². The van der Waals surface area contributed by atoms with Crippen molar-refractivity contribution in [2.45, 2.75) is 33.6 Å². The lowest BCUT2D eigenvalue weighted by Gasteiger charge is -2.26. The molecule has 226 valence electrons. The third-order valence-corrected chi connectivity index (χ3v) is 7.93. The highest BCUT2D eigenvalue weighted by atomic mass is 35.5. The second kappa shape index (κ2) is 13.2. The summed E-state index contributed by atoms with van der Waals surface area (Å²) in [6.45, 7) is 11.2. The van der Waals surface area contributed by atoms with Gasteiger partial charge in [-0.1, -0.05) is 38.4 Å². The van der Waals surface area contributed by atoms with Crippen LogP contribution < -0.4 is 15.8 Å². The fourth-order valence-electron chi connectivity index (χ4n) is 5.19. The molecule has 0 unspecified atom stereocenters. The first kappa shape index (κ1) is 30.7. The maximum atomic E-state index is 12.8. The number of halogens is 1. The van der Waals surface area contributed by atoms with Crippen LogP contribution in [-0.4, -0.2) is 73.3 Å². The predicted octanol–water partition coefficient (Wildman–Crippen LogP) is 5.37. The van der Waals surface area contributed by atoms with Crippen molar-refractivity contribution in [3.63, 3.8) is 0 Å². The summed E-state index contributed by atoms with van der Waals surface area (Å²) in [6, 6.07) is 10.8. The number of Topliss-reactive ketones (excluding diaryl/α,β-unsaturated/α-hetero) is 1. The van der Waals surface area contributed by atoms with Crippen LogP contribution in [0, 0.1) is 5.41 Å². The van der Waals surface area contributed by atoms with Crippen molar-refractivity contribution in [3.05, 3.63) is 70.4 Å². The Morgan fingerprint density at radius 1 is 1.12 bits per heavy atom. The molecule has 2 aliphatic rings. The highest BCUT2D eigenvalue weighted by molar-refractivity contribution is 6.31. The zero-order valence-electron chi connectivity index (χ0n) is 24.9. The van der Waals surface area contributed by atoms with E-state index in [4.69, 9.17) is 26.8 Å². The fraction of sp³-hybridized carbons (Fsp3) is 0.394. The maximum absolute atomic E-state index is 12.8. The van der Waals surface area contributed by atoms with E-state index in [0.717, 1.165) is 47.9 Å². The van der Waals surface area contributed by atoms with Gasteiger partial charge in [-0.05, 0) is 41.5 Å². The number of ketones is 1. The average molecular weight is 604 g/mol. The predicted molar refractivity (Wildman–Crippen MR) is 171 cm³/mol. The minimum absolute atomic E-state index is 0.0301. The molecule has 0 saturated carbocycles. The number of hydrogen-bond donors (Lipinski definition) is 2. The van der Waals surface area contributed by atoms with Crippen LogP contribution in [0.3, 0.4) is 0 Å². The number of nitrogens with two attached hydrogens (primary N) is 1. The summed E-state index contributed by atoms with van der Waals surface area (Å²) >= 11 is 6.62. The average Bonchev–Trinajstić information content (AvgIpc) is 3.44. The van der Waals surface area contributed by atoms with Gasteiger partial charge in [-0.2, -0.15) is 0 Å². The molecule has 3 heterocycles. The molecule has 0 radical (unpaired) electrons. The Kier molecular flexibility index (Phi) is 9.44. The largest absolute Gasteiger partial charge is 0.491 e. The minimum Gasteiger partial charge on any atom is -0.491 e. The number of anilines is 2. The number of nitrogens with one attached hydrogen (secondary N) is 1. The Balaban J connectivity index is 1.26. The van der Waals surface area contributed by atoms with Crippen LogP contribution in [0.4, 0.5) is 11.4 Å². The topological polar surface area (TPSA) is 119 Å². The summed E-state index contributed by atoms with van der Waals surface area (Å²) in [5.74, 6) is -0.0736. The molecule has 1 fully saturated rings. The number of fused-ring (bicyclic) bond motifs is 1. The van der Waals surface area contributed by atoms with Crippen LogP contribution in [0.15, 0.2) is 59.2 Å². The molecular weight excluding hydrogens is 566 g/mol. The maximum Gasteiger partial charge on any atom is 0.252 e. The molecule has 43 heavy (non-hydrogen) atoms. The molecule has 5 rings (SSSR count). The van der Waals surface area contributed by atoms with Gasteiger partial charge in [0.2, 0.25) is 0 Å². The minimum atomic E-state index is -0.579. The van der Waals surface area contributed by atoms with Crippen LogP contribution in [-0.2, 0) is 16.0 Å². The van der Waals surface area contributed by atoms with Crippen LogP contribution in [0.25, 0.3) is 10.9 Å². The van der Waals surface area contributed by atoms with Gasteiger partial charge in [-0.3, -0.25) is 24.5 Å². The van der Waals surface area contributed by atoms with Crippen molar-refractivity contribution in [1.82, 2.24) is 9.88 Å². The number of aliphatic imine (C=N–C) groups is 1. The molecule has 1 aromatic heterocycles. The summed E-state index contributed by atoms with van der Waals surface area (Å²) in [6.07, 6.45) is 4.35. The normalized spacial score (nSPS) is 15.7. The van der Waals surface area contributed by atoms with E-state index in [2.05, 4.69) is 47.0 Å². The number of rotatable bonds is 11. The second-order valence-corrected chi connectivity index (χ2v) is 12.4. The summed E-state index contributed by atoms with van der Waals surface area (Å²) in [4.78, 5) is 36.5. The van der Waals surface area contributed by atoms with Crippen molar-refractivity contribution >= 4 is 51.3 Å². The van der Waals surface area contributed by atoms with E-state index in [0.29, 0.717) is 54.5 Å². The quantitative estimate of drug-likeness (QED) is 0.302. The lowest BCUT2D eigenvalue weighted by molar-refractivity contribution is -0.117. The lowest BCUT2D eigenvalue weighted by Crippen LogP contribution is -2.38. The van der Waals surface area contributed by atoms with E-state index in [-0.39, 0.29) is 23.2 Å². The van der Waals surface area contributed by atoms with Crippen molar-refractivity contribution < 1.29 is 19.1 Å². The number of benzene rings is 2. The third kappa shape index (κ3) is 7.79. The number of carbonyl (C=O) groups excluding carboxylic acids is 2. The molecule has 1 saturated heterocycles. The van der Waals surface area contributed by atoms with E-state index in [9.17, 15) is 9.59 Å². The van der Waals surface area contributed by atoms with Gasteiger partial charge in [-0.25, -0.2) is 0 Å². The molecule has 0 bridgehead atoms. The Hall–Kier alpha value is -3.79. The molecule has 1 amide bonds. The van der Waals surface area contributed by atoms with Gasteiger partial charge < -0.3 is 20.5 Å². The van der Waals surface area contributed by atoms with Gasteiger partial charge in [-0.15, -0.1) is 0 Å². The first-order chi connectivity index (χ1) is 20.6. The Labute approximate surface area is 257 Å². The summed E-state index contributed by atoms with van der Waals surface area (Å²) in [5, 5.41) is 4.59. The Bertz CT molecular complexity index is 1590. The van der Waals surface area contributed by atoms with Crippen LogP contribution in [0.1, 0.15) is 43.1 Å². The highest BCUT2D eigenvalue weighted by Crippen LogP contribution is 2.32. The number of amides is 1. The van der Waals surface area contributed by atoms with Crippen LogP contribution in [0.2, 0.25) is 5.02 Å². The molecule has 2 aliphatic heterocycles. The number of carbonyl (C=O) groups is 2. The van der Waals surface area contributed by atoms with Gasteiger partial charge in [0.05, 0.1) is 30.8 Å². The molecule has 0 spiro atoms. The van der Waals surface area contributed by atoms with Crippen LogP contribution >= 0.6 is 11.6 Å². The number of morpholine rings is 1. The van der Waals surface area contributed by atoms with Gasteiger partial charge in [0.15, 0.2) is 0 Å². The van der Waals surface area contributed by atoms with E-state index < -0.39 is 5.91 Å². The summed E-state index contributed by atoms with van der Waals surface area (Å²) in [5.41, 5.74) is 11.0. The number of nitrogens with zero attached hydrogens (tertiary/aromatic N) is 3. The van der Waals surface area contributed by atoms with Gasteiger partial charge in [0, 0.05) is 77.6 Å². The zero-order chi connectivity index (χ0) is 30.6. The molecule has 0 atom stereocenters. The van der Waals surface area contributed by atoms with Crippen molar-refractivity contribution in [3.8, 4) is 5.75 Å². The summed E-state index contributed by atoms with van der Waals surface area (Å²) in [7, 11) is 0. The smallest absolute Gasteiger partial charge is 0.252 e. The number of hydrogen-bond acceptors (Lipinski definition) is 8. The third-order valence-electron chi connectivity index (χ3n) is 7.58. The van der Waals surface area contributed by atoms with Crippen molar-refractivity contribution in [1.29, 1.82) is 0 Å². The lowest BCUT2D eigenvalue weighted by atomic mass is 9.89. The van der Waals surface area contributed by atoms with E-state index in [1.165, 1.54) is 0 Å². The van der Waals surface area contributed by atoms with Crippen molar-refractivity contribution in [2.75, 3.05) is 51.3 Å². The number of allylic oxidation sites excluding steroid dienone is 1. The zero-order valence-corrected chi connectivity index (χ0v) is 25.7. The Morgan fingerprint density at radius 3 is 2.60 bits per heavy atom. The molecule has 10 heteroatoms. The number of ether oxygens (including phenoxy) is 2. The van der Waals surface area contributed by atoms with Gasteiger partial charge in [0.1, 0.15) is 18.1 Å². The van der Waals surface area contributed by atoms with E-state index >= 15 is 0 Å². The van der Waals surface area contributed by atoms with Gasteiger partial charge in [0.25, 0.3) is 5.91 Å².